The second-order valence-corrected chi connectivity index (χ2v) is 8.11. The number of aromatic nitrogens is 2. The number of carbonyl (C=O) groups is 1. The molecule has 0 aromatic carbocycles. The summed E-state index contributed by atoms with van der Waals surface area (Å²) in [6.07, 6.45) is 4.63. The molecule has 0 spiro atoms. The number of nitrogens with zero attached hydrogens (tertiary/aromatic N) is 3. The van der Waals surface area contributed by atoms with Crippen LogP contribution in [0.5, 0.6) is 0 Å². The zero-order valence-electron chi connectivity index (χ0n) is 12.6. The average Bonchev–Trinajstić information content (AvgIpc) is 3.15. The van der Waals surface area contributed by atoms with Gasteiger partial charge in [-0.1, -0.05) is 20.8 Å². The highest BCUT2D eigenvalue weighted by molar-refractivity contribution is 7.11. The van der Waals surface area contributed by atoms with Gasteiger partial charge >= 0.3 is 0 Å². The first-order valence-corrected chi connectivity index (χ1v) is 8.39. The standard InChI is InChI=1S/C15H23N3OS/c1-15(2,3)14(19)18-8-6-11(7-9-18)13-17-16-12(20-13)10-4-5-10/h10-11H,4-9H2,1-3H3. The van der Waals surface area contributed by atoms with Crippen molar-refractivity contribution in [2.45, 2.75) is 58.3 Å². The predicted molar refractivity (Wildman–Crippen MR) is 79.9 cm³/mol. The topological polar surface area (TPSA) is 46.1 Å². The van der Waals surface area contributed by atoms with Crippen molar-refractivity contribution in [3.63, 3.8) is 0 Å². The van der Waals surface area contributed by atoms with Crippen LogP contribution in [0.4, 0.5) is 0 Å². The van der Waals surface area contributed by atoms with Gasteiger partial charge in [0.05, 0.1) is 0 Å². The van der Waals surface area contributed by atoms with E-state index < -0.39 is 0 Å². The number of rotatable bonds is 2. The Morgan fingerprint density at radius 2 is 1.55 bits per heavy atom. The van der Waals surface area contributed by atoms with Gasteiger partial charge in [-0.25, -0.2) is 0 Å². The van der Waals surface area contributed by atoms with Gasteiger partial charge in [0.2, 0.25) is 5.91 Å². The number of hydrogen-bond acceptors (Lipinski definition) is 4. The molecule has 2 fully saturated rings. The Morgan fingerprint density at radius 3 is 2.00 bits per heavy atom. The summed E-state index contributed by atoms with van der Waals surface area (Å²) in [5.74, 6) is 1.47. The van der Waals surface area contributed by atoms with Gasteiger partial charge in [0.25, 0.3) is 0 Å². The second-order valence-electron chi connectivity index (χ2n) is 7.07. The van der Waals surface area contributed by atoms with Gasteiger partial charge in [0, 0.05) is 30.3 Å². The summed E-state index contributed by atoms with van der Waals surface area (Å²) in [4.78, 5) is 14.3. The van der Waals surface area contributed by atoms with Crippen LogP contribution in [0.2, 0.25) is 0 Å². The van der Waals surface area contributed by atoms with E-state index in [0.29, 0.717) is 11.8 Å². The minimum atomic E-state index is -0.269. The summed E-state index contributed by atoms with van der Waals surface area (Å²) in [6, 6.07) is 0. The number of hydrogen-bond donors (Lipinski definition) is 0. The molecule has 1 amide bonds. The van der Waals surface area contributed by atoms with Crippen molar-refractivity contribution in [3.8, 4) is 0 Å². The summed E-state index contributed by atoms with van der Waals surface area (Å²) in [5, 5.41) is 11.1. The highest BCUT2D eigenvalue weighted by Crippen LogP contribution is 2.43. The van der Waals surface area contributed by atoms with Crippen LogP contribution < -0.4 is 0 Å². The minimum absolute atomic E-state index is 0.269. The van der Waals surface area contributed by atoms with Crippen LogP contribution in [0.3, 0.4) is 0 Å². The van der Waals surface area contributed by atoms with Gasteiger partial charge < -0.3 is 4.90 Å². The van der Waals surface area contributed by atoms with Crippen molar-refractivity contribution < 1.29 is 4.79 Å². The molecular formula is C15H23N3OS. The van der Waals surface area contributed by atoms with E-state index in [4.69, 9.17) is 0 Å². The smallest absolute Gasteiger partial charge is 0.227 e. The Balaban J connectivity index is 1.59. The maximum atomic E-state index is 12.3. The lowest BCUT2D eigenvalue weighted by molar-refractivity contribution is -0.140. The second kappa shape index (κ2) is 5.10. The van der Waals surface area contributed by atoms with E-state index in [0.717, 1.165) is 25.9 Å². The minimum Gasteiger partial charge on any atom is -0.342 e. The van der Waals surface area contributed by atoms with Crippen LogP contribution in [0.1, 0.15) is 68.3 Å². The van der Waals surface area contributed by atoms with Crippen molar-refractivity contribution in [1.29, 1.82) is 0 Å². The molecule has 1 aliphatic carbocycles. The zero-order valence-corrected chi connectivity index (χ0v) is 13.4. The van der Waals surface area contributed by atoms with Crippen molar-refractivity contribution in [1.82, 2.24) is 15.1 Å². The molecule has 2 aliphatic rings. The maximum Gasteiger partial charge on any atom is 0.227 e. The lowest BCUT2D eigenvalue weighted by Crippen LogP contribution is -2.43. The first-order chi connectivity index (χ1) is 9.45. The molecule has 0 radical (unpaired) electrons. The fourth-order valence-corrected chi connectivity index (χ4v) is 3.89. The van der Waals surface area contributed by atoms with Gasteiger partial charge in [-0.3, -0.25) is 4.79 Å². The molecule has 0 bridgehead atoms. The van der Waals surface area contributed by atoms with E-state index in [9.17, 15) is 4.79 Å². The molecule has 0 atom stereocenters. The van der Waals surface area contributed by atoms with E-state index in [1.807, 2.05) is 25.7 Å². The maximum absolute atomic E-state index is 12.3. The molecule has 1 saturated carbocycles. The summed E-state index contributed by atoms with van der Waals surface area (Å²) in [5.41, 5.74) is -0.269. The lowest BCUT2D eigenvalue weighted by atomic mass is 9.91. The molecule has 2 heterocycles. The van der Waals surface area contributed by atoms with Crippen LogP contribution >= 0.6 is 11.3 Å². The molecule has 20 heavy (non-hydrogen) atoms. The van der Waals surface area contributed by atoms with Crippen molar-refractivity contribution >= 4 is 17.2 Å². The summed E-state index contributed by atoms with van der Waals surface area (Å²) in [7, 11) is 0. The van der Waals surface area contributed by atoms with E-state index >= 15 is 0 Å². The molecule has 3 rings (SSSR count). The predicted octanol–water partition coefficient (Wildman–Crippen LogP) is 3.17. The first-order valence-electron chi connectivity index (χ1n) is 7.58. The van der Waals surface area contributed by atoms with Gasteiger partial charge in [-0.2, -0.15) is 0 Å². The van der Waals surface area contributed by atoms with Gasteiger partial charge in [0.1, 0.15) is 10.0 Å². The van der Waals surface area contributed by atoms with Crippen LogP contribution in [0.15, 0.2) is 0 Å². The summed E-state index contributed by atoms with van der Waals surface area (Å²) >= 11 is 1.80. The fraction of sp³-hybridized carbons (Fsp3) is 0.800. The summed E-state index contributed by atoms with van der Waals surface area (Å²) in [6.45, 7) is 7.70. The fourth-order valence-electron chi connectivity index (χ4n) is 2.71. The molecule has 4 nitrogen and oxygen atoms in total. The molecule has 1 aromatic rings. The lowest BCUT2D eigenvalue weighted by Gasteiger charge is -2.35. The zero-order chi connectivity index (χ0) is 14.3. The van der Waals surface area contributed by atoms with Crippen LogP contribution in [-0.4, -0.2) is 34.1 Å². The van der Waals surface area contributed by atoms with Gasteiger partial charge in [-0.15, -0.1) is 21.5 Å². The summed E-state index contributed by atoms with van der Waals surface area (Å²) < 4.78 is 0. The monoisotopic (exact) mass is 293 g/mol. The highest BCUT2D eigenvalue weighted by Gasteiger charge is 2.33. The molecule has 0 unspecified atom stereocenters. The number of likely N-dealkylation sites (tertiary alicyclic amines) is 1. The van der Waals surface area contributed by atoms with Crippen molar-refractivity contribution in [3.05, 3.63) is 10.0 Å². The molecule has 110 valence electrons. The normalized spacial score (nSPS) is 21.2. The quantitative estimate of drug-likeness (QED) is 0.841. The Labute approximate surface area is 124 Å². The van der Waals surface area contributed by atoms with E-state index in [1.54, 1.807) is 11.3 Å². The average molecular weight is 293 g/mol. The van der Waals surface area contributed by atoms with Gasteiger partial charge in [0.15, 0.2) is 0 Å². The Kier molecular flexibility index (Phi) is 3.56. The van der Waals surface area contributed by atoms with Crippen LogP contribution in [-0.2, 0) is 4.79 Å². The third-order valence-electron chi connectivity index (χ3n) is 4.16. The molecule has 1 saturated heterocycles. The largest absolute Gasteiger partial charge is 0.342 e. The van der Waals surface area contributed by atoms with E-state index in [1.165, 1.54) is 22.9 Å². The number of piperidine rings is 1. The first kappa shape index (κ1) is 14.0. The Morgan fingerprint density at radius 1 is 1.05 bits per heavy atom. The SMILES string of the molecule is CC(C)(C)C(=O)N1CCC(c2nnc(C3CC3)s2)CC1. The Hall–Kier alpha value is -0.970. The van der Waals surface area contributed by atoms with Gasteiger partial charge in [-0.05, 0) is 25.7 Å². The third-order valence-corrected chi connectivity index (χ3v) is 5.40. The Bertz CT molecular complexity index is 493. The van der Waals surface area contributed by atoms with E-state index in [-0.39, 0.29) is 11.3 Å². The van der Waals surface area contributed by atoms with E-state index in [2.05, 4.69) is 10.2 Å². The highest BCUT2D eigenvalue weighted by atomic mass is 32.1. The number of carbonyl (C=O) groups excluding carboxylic acids is 1. The van der Waals surface area contributed by atoms with Crippen LogP contribution in [0, 0.1) is 5.41 Å². The molecule has 5 heteroatoms. The van der Waals surface area contributed by atoms with Crippen molar-refractivity contribution in [2.75, 3.05) is 13.1 Å². The molecule has 0 N–H and O–H groups in total. The van der Waals surface area contributed by atoms with Crippen LogP contribution in [0.25, 0.3) is 0 Å². The third kappa shape index (κ3) is 2.87. The molecular weight excluding hydrogens is 270 g/mol. The molecule has 1 aromatic heterocycles. The number of amides is 1. The molecule has 1 aliphatic heterocycles. The van der Waals surface area contributed by atoms with Crippen molar-refractivity contribution in [2.24, 2.45) is 5.41 Å².